The Morgan fingerprint density at radius 3 is 2.92 bits per heavy atom. The van der Waals surface area contributed by atoms with E-state index in [2.05, 4.69) is 33.4 Å². The highest BCUT2D eigenvalue weighted by Gasteiger charge is 2.38. The number of rotatable bonds is 4. The fraction of sp³-hybridized carbons (Fsp3) is 0.588. The van der Waals surface area contributed by atoms with Gasteiger partial charge in [-0.2, -0.15) is 5.48 Å². The van der Waals surface area contributed by atoms with Gasteiger partial charge in [0.1, 0.15) is 12.1 Å². The number of amides is 1. The predicted molar refractivity (Wildman–Crippen MR) is 89.1 cm³/mol. The van der Waals surface area contributed by atoms with Crippen LogP contribution in [0.4, 0.5) is 5.69 Å². The second-order valence-corrected chi connectivity index (χ2v) is 6.63. The van der Waals surface area contributed by atoms with E-state index in [1.807, 2.05) is 18.2 Å². The number of hydrogen-bond acceptors (Lipinski definition) is 6. The van der Waals surface area contributed by atoms with Crippen LogP contribution < -0.4 is 21.2 Å². The Balaban J connectivity index is 1.26. The smallest absolute Gasteiger partial charge is 0.239 e. The Hall–Kier alpha value is -1.67. The SMILES string of the molecule is O=C(NC1CNN(c2ccccc2)C1)C1CC(C2CCCO2)ON1. The molecule has 3 N–H and O–H groups in total. The van der Waals surface area contributed by atoms with Crippen molar-refractivity contribution in [1.82, 2.24) is 16.2 Å². The van der Waals surface area contributed by atoms with Crippen LogP contribution in [0.15, 0.2) is 30.3 Å². The Labute approximate surface area is 141 Å². The van der Waals surface area contributed by atoms with Crippen LogP contribution in [0, 0.1) is 0 Å². The minimum atomic E-state index is -0.301. The Morgan fingerprint density at radius 1 is 1.25 bits per heavy atom. The van der Waals surface area contributed by atoms with Crippen LogP contribution in [-0.4, -0.2) is 49.9 Å². The van der Waals surface area contributed by atoms with E-state index in [1.165, 1.54) is 0 Å². The molecule has 24 heavy (non-hydrogen) atoms. The molecule has 3 heterocycles. The van der Waals surface area contributed by atoms with E-state index < -0.39 is 0 Å². The molecule has 130 valence electrons. The number of hydroxylamine groups is 1. The Kier molecular flexibility index (Phi) is 4.66. The average molecular weight is 332 g/mol. The number of nitrogens with zero attached hydrogens (tertiary/aromatic N) is 1. The van der Waals surface area contributed by atoms with E-state index in [9.17, 15) is 4.79 Å². The molecule has 3 fully saturated rings. The first-order valence-corrected chi connectivity index (χ1v) is 8.69. The molecule has 0 saturated carbocycles. The summed E-state index contributed by atoms with van der Waals surface area (Å²) in [5, 5.41) is 5.17. The van der Waals surface area contributed by atoms with Gasteiger partial charge in [0.2, 0.25) is 5.91 Å². The summed E-state index contributed by atoms with van der Waals surface area (Å²) in [5.41, 5.74) is 7.30. The van der Waals surface area contributed by atoms with Crippen molar-refractivity contribution in [3.05, 3.63) is 30.3 Å². The van der Waals surface area contributed by atoms with Gasteiger partial charge in [-0.1, -0.05) is 18.2 Å². The molecule has 7 heteroatoms. The monoisotopic (exact) mass is 332 g/mol. The first-order valence-electron chi connectivity index (χ1n) is 8.69. The Morgan fingerprint density at radius 2 is 2.12 bits per heavy atom. The van der Waals surface area contributed by atoms with Gasteiger partial charge in [0, 0.05) is 19.6 Å². The first kappa shape index (κ1) is 15.8. The van der Waals surface area contributed by atoms with Crippen LogP contribution in [0.1, 0.15) is 19.3 Å². The molecular formula is C17H24N4O3. The second kappa shape index (κ2) is 7.06. The fourth-order valence-electron chi connectivity index (χ4n) is 3.56. The van der Waals surface area contributed by atoms with Crippen LogP contribution in [0.3, 0.4) is 0 Å². The van der Waals surface area contributed by atoms with Gasteiger partial charge in [0.05, 0.1) is 24.4 Å². The van der Waals surface area contributed by atoms with Gasteiger partial charge in [-0.15, -0.1) is 0 Å². The van der Waals surface area contributed by atoms with Crippen LogP contribution in [0.25, 0.3) is 0 Å². The number of hydrogen-bond donors (Lipinski definition) is 3. The largest absolute Gasteiger partial charge is 0.375 e. The van der Waals surface area contributed by atoms with Crippen molar-refractivity contribution in [2.75, 3.05) is 24.7 Å². The van der Waals surface area contributed by atoms with E-state index in [4.69, 9.17) is 9.57 Å². The van der Waals surface area contributed by atoms with E-state index in [0.29, 0.717) is 6.42 Å². The van der Waals surface area contributed by atoms with Crippen molar-refractivity contribution in [3.63, 3.8) is 0 Å². The molecule has 0 bridgehead atoms. The zero-order valence-corrected chi connectivity index (χ0v) is 13.6. The summed E-state index contributed by atoms with van der Waals surface area (Å²) in [5.74, 6) is -0.00258. The molecular weight excluding hydrogens is 308 g/mol. The van der Waals surface area contributed by atoms with Crippen molar-refractivity contribution in [1.29, 1.82) is 0 Å². The molecule has 3 aliphatic rings. The standard InChI is InChI=1S/C17H24N4O3/c22-17(14-9-16(24-20-14)15-7-4-8-23-15)19-12-10-18-21(11-12)13-5-2-1-3-6-13/h1-3,5-6,12,14-16,18,20H,4,7-11H2,(H,19,22). The van der Waals surface area contributed by atoms with Crippen molar-refractivity contribution in [3.8, 4) is 0 Å². The molecule has 0 radical (unpaired) electrons. The van der Waals surface area contributed by atoms with Crippen molar-refractivity contribution in [2.45, 2.75) is 43.6 Å². The summed E-state index contributed by atoms with van der Waals surface area (Å²) in [4.78, 5) is 18.0. The molecule has 3 saturated heterocycles. The van der Waals surface area contributed by atoms with Crippen molar-refractivity contribution in [2.24, 2.45) is 0 Å². The third-order valence-electron chi connectivity index (χ3n) is 4.87. The molecule has 1 aromatic carbocycles. The Bertz CT molecular complexity index is 564. The zero-order valence-electron chi connectivity index (χ0n) is 13.6. The number of nitrogens with one attached hydrogen (secondary N) is 3. The summed E-state index contributed by atoms with van der Waals surface area (Å²) >= 11 is 0. The highest BCUT2D eigenvalue weighted by molar-refractivity contribution is 5.82. The molecule has 0 aliphatic carbocycles. The van der Waals surface area contributed by atoms with Gasteiger partial charge >= 0.3 is 0 Å². The first-order chi connectivity index (χ1) is 11.8. The molecule has 0 spiro atoms. The van der Waals surface area contributed by atoms with Crippen LogP contribution >= 0.6 is 0 Å². The van der Waals surface area contributed by atoms with Crippen LogP contribution in [0.2, 0.25) is 0 Å². The molecule has 1 amide bonds. The summed E-state index contributed by atoms with van der Waals surface area (Å²) in [6.45, 7) is 2.27. The number of carbonyl (C=O) groups is 1. The van der Waals surface area contributed by atoms with E-state index in [-0.39, 0.29) is 30.2 Å². The zero-order chi connectivity index (χ0) is 16.4. The van der Waals surface area contributed by atoms with Crippen molar-refractivity contribution >= 4 is 11.6 Å². The number of benzene rings is 1. The molecule has 1 aromatic rings. The lowest BCUT2D eigenvalue weighted by Gasteiger charge is -2.19. The summed E-state index contributed by atoms with van der Waals surface area (Å²) in [6, 6.07) is 9.90. The van der Waals surface area contributed by atoms with E-state index in [0.717, 1.165) is 38.2 Å². The summed E-state index contributed by atoms with van der Waals surface area (Å²) < 4.78 is 5.65. The van der Waals surface area contributed by atoms with Crippen LogP contribution in [-0.2, 0) is 14.4 Å². The van der Waals surface area contributed by atoms with Crippen molar-refractivity contribution < 1.29 is 14.4 Å². The minimum Gasteiger partial charge on any atom is -0.375 e. The van der Waals surface area contributed by atoms with Crippen LogP contribution in [0.5, 0.6) is 0 Å². The second-order valence-electron chi connectivity index (χ2n) is 6.63. The minimum absolute atomic E-state index is 0.00258. The topological polar surface area (TPSA) is 74.9 Å². The maximum Gasteiger partial charge on any atom is 0.239 e. The lowest BCUT2D eigenvalue weighted by atomic mass is 10.0. The number of carbonyl (C=O) groups excluding carboxylic acids is 1. The highest BCUT2D eigenvalue weighted by Crippen LogP contribution is 2.24. The van der Waals surface area contributed by atoms with Gasteiger partial charge in [-0.3, -0.25) is 9.63 Å². The predicted octanol–water partition coefficient (Wildman–Crippen LogP) is 0.337. The third-order valence-corrected chi connectivity index (χ3v) is 4.87. The summed E-state index contributed by atoms with van der Waals surface area (Å²) in [7, 11) is 0. The van der Waals surface area contributed by atoms with E-state index in [1.54, 1.807) is 0 Å². The molecule has 0 aromatic heterocycles. The van der Waals surface area contributed by atoms with Gasteiger partial charge in [0.25, 0.3) is 0 Å². The maximum absolute atomic E-state index is 12.5. The molecule has 7 nitrogen and oxygen atoms in total. The maximum atomic E-state index is 12.5. The molecule has 4 atom stereocenters. The number of para-hydroxylation sites is 1. The average Bonchev–Trinajstić information content (AvgIpc) is 3.36. The number of ether oxygens (including phenoxy) is 1. The lowest BCUT2D eigenvalue weighted by Crippen LogP contribution is -2.47. The van der Waals surface area contributed by atoms with Gasteiger partial charge < -0.3 is 15.1 Å². The normalized spacial score (nSPS) is 33.1. The molecule has 4 rings (SSSR count). The summed E-state index contributed by atoms with van der Waals surface area (Å²) in [6.07, 6.45) is 2.85. The van der Waals surface area contributed by atoms with Gasteiger partial charge in [0.15, 0.2) is 0 Å². The third kappa shape index (κ3) is 3.39. The lowest BCUT2D eigenvalue weighted by molar-refractivity contribution is -0.125. The highest BCUT2D eigenvalue weighted by atomic mass is 16.7. The number of anilines is 1. The molecule has 4 unspecified atom stereocenters. The van der Waals surface area contributed by atoms with E-state index >= 15 is 0 Å². The van der Waals surface area contributed by atoms with Gasteiger partial charge in [-0.05, 0) is 25.0 Å². The molecule has 3 aliphatic heterocycles. The van der Waals surface area contributed by atoms with Gasteiger partial charge in [-0.25, -0.2) is 5.43 Å². The fourth-order valence-corrected chi connectivity index (χ4v) is 3.56. The quantitative estimate of drug-likeness (QED) is 0.738. The number of hydrazine groups is 1.